The van der Waals surface area contributed by atoms with E-state index in [9.17, 15) is 9.59 Å². The average Bonchev–Trinajstić information content (AvgIpc) is 2.91. The number of amides is 2. The summed E-state index contributed by atoms with van der Waals surface area (Å²) in [6, 6.07) is 24.2. The van der Waals surface area contributed by atoms with Crippen molar-refractivity contribution in [1.82, 2.24) is 16.2 Å². The number of hydrogen-bond acceptors (Lipinski definition) is 5. The van der Waals surface area contributed by atoms with Crippen molar-refractivity contribution in [2.24, 2.45) is 0 Å². The van der Waals surface area contributed by atoms with Gasteiger partial charge < -0.3 is 9.47 Å². The van der Waals surface area contributed by atoms with Crippen LogP contribution >= 0.6 is 12.2 Å². The van der Waals surface area contributed by atoms with Crippen molar-refractivity contribution in [2.45, 2.75) is 32.6 Å². The molecule has 188 valence electrons. The average molecular weight is 506 g/mol. The number of ether oxygens (including phenoxy) is 2. The lowest BCUT2D eigenvalue weighted by Crippen LogP contribution is -2.49. The van der Waals surface area contributed by atoms with Gasteiger partial charge in [0.15, 0.2) is 11.7 Å². The molecule has 2 amide bonds. The van der Waals surface area contributed by atoms with Crippen LogP contribution in [-0.2, 0) is 4.79 Å². The van der Waals surface area contributed by atoms with Crippen LogP contribution in [0.15, 0.2) is 78.9 Å². The van der Waals surface area contributed by atoms with Gasteiger partial charge in [-0.15, -0.1) is 0 Å². The van der Waals surface area contributed by atoms with E-state index in [2.05, 4.69) is 23.1 Å². The number of carbonyl (C=O) groups excluding carboxylic acids is 2. The second kappa shape index (κ2) is 14.5. The van der Waals surface area contributed by atoms with E-state index in [0.717, 1.165) is 36.8 Å². The molecule has 0 radical (unpaired) electrons. The standard InChI is InChI=1S/C28H31N3O4S/c1-2-3-4-12-19-34-25-18-11-9-16-23(25)27(33)29-28(36)31-30-26(32)20-35-24-17-10-8-15-22(24)21-13-6-5-7-14-21/h5-11,13-18H,2-4,12,19-20H2,1H3,(H,30,32)(H2,29,31,33,36). The second-order valence-corrected chi connectivity index (χ2v) is 8.42. The van der Waals surface area contributed by atoms with Crippen LogP contribution in [0.4, 0.5) is 0 Å². The number of hydrazine groups is 1. The molecule has 0 aliphatic rings. The Morgan fingerprint density at radius 1 is 0.778 bits per heavy atom. The molecule has 0 aromatic heterocycles. The number of rotatable bonds is 11. The van der Waals surface area contributed by atoms with Crippen LogP contribution in [0.3, 0.4) is 0 Å². The molecule has 3 N–H and O–H groups in total. The van der Waals surface area contributed by atoms with Crippen LogP contribution in [0, 0.1) is 0 Å². The molecule has 3 rings (SSSR count). The van der Waals surface area contributed by atoms with Gasteiger partial charge in [0, 0.05) is 5.56 Å². The molecule has 0 aliphatic carbocycles. The summed E-state index contributed by atoms with van der Waals surface area (Å²) in [7, 11) is 0. The van der Waals surface area contributed by atoms with Crippen molar-refractivity contribution in [3.05, 3.63) is 84.4 Å². The van der Waals surface area contributed by atoms with E-state index in [4.69, 9.17) is 21.7 Å². The lowest BCUT2D eigenvalue weighted by Gasteiger charge is -2.14. The molecule has 0 bridgehead atoms. The largest absolute Gasteiger partial charge is 0.493 e. The molecular formula is C28H31N3O4S. The zero-order valence-corrected chi connectivity index (χ0v) is 21.1. The summed E-state index contributed by atoms with van der Waals surface area (Å²) in [5.74, 6) is 0.189. The summed E-state index contributed by atoms with van der Waals surface area (Å²) in [4.78, 5) is 25.0. The molecule has 0 saturated carbocycles. The normalized spacial score (nSPS) is 10.2. The predicted molar refractivity (Wildman–Crippen MR) is 145 cm³/mol. The van der Waals surface area contributed by atoms with Crippen molar-refractivity contribution in [1.29, 1.82) is 0 Å². The van der Waals surface area contributed by atoms with Crippen molar-refractivity contribution in [3.8, 4) is 22.6 Å². The van der Waals surface area contributed by atoms with Crippen LogP contribution in [0.1, 0.15) is 43.0 Å². The first-order valence-corrected chi connectivity index (χ1v) is 12.4. The van der Waals surface area contributed by atoms with E-state index >= 15 is 0 Å². The minimum atomic E-state index is -0.453. The molecule has 0 saturated heterocycles. The summed E-state index contributed by atoms with van der Waals surface area (Å²) in [5.41, 5.74) is 7.20. The lowest BCUT2D eigenvalue weighted by atomic mass is 10.1. The molecule has 0 atom stereocenters. The van der Waals surface area contributed by atoms with Gasteiger partial charge >= 0.3 is 0 Å². The topological polar surface area (TPSA) is 88.7 Å². The van der Waals surface area contributed by atoms with E-state index in [1.807, 2.05) is 54.6 Å². The minimum Gasteiger partial charge on any atom is -0.493 e. The SMILES string of the molecule is CCCCCCOc1ccccc1C(=O)NC(=S)NNC(=O)COc1ccccc1-c1ccccc1. The Morgan fingerprint density at radius 2 is 1.47 bits per heavy atom. The zero-order valence-electron chi connectivity index (χ0n) is 20.3. The quantitative estimate of drug-likeness (QED) is 0.193. The molecule has 3 aromatic carbocycles. The number of hydrogen-bond donors (Lipinski definition) is 3. The third kappa shape index (κ3) is 8.39. The van der Waals surface area contributed by atoms with Crippen molar-refractivity contribution in [3.63, 3.8) is 0 Å². The molecule has 0 heterocycles. The third-order valence-electron chi connectivity index (χ3n) is 5.26. The van der Waals surface area contributed by atoms with E-state index in [1.54, 1.807) is 24.3 Å². The fourth-order valence-electron chi connectivity index (χ4n) is 3.45. The van der Waals surface area contributed by atoms with Gasteiger partial charge in [0.2, 0.25) is 0 Å². The van der Waals surface area contributed by atoms with E-state index < -0.39 is 11.8 Å². The summed E-state index contributed by atoms with van der Waals surface area (Å²) < 4.78 is 11.5. The molecule has 0 unspecified atom stereocenters. The number of thiocarbonyl (C=S) groups is 1. The maximum atomic E-state index is 12.7. The maximum absolute atomic E-state index is 12.7. The first kappa shape index (κ1) is 26.7. The monoisotopic (exact) mass is 505 g/mol. The first-order chi connectivity index (χ1) is 17.6. The minimum absolute atomic E-state index is 0.0456. The van der Waals surface area contributed by atoms with E-state index in [-0.39, 0.29) is 11.7 Å². The van der Waals surface area contributed by atoms with Crippen LogP contribution < -0.4 is 25.6 Å². The number of benzene rings is 3. The molecule has 0 fully saturated rings. The molecular weight excluding hydrogens is 474 g/mol. The van der Waals surface area contributed by atoms with Gasteiger partial charge in [-0.05, 0) is 42.4 Å². The molecule has 0 aliphatic heterocycles. The van der Waals surface area contributed by atoms with Gasteiger partial charge in [-0.2, -0.15) is 0 Å². The highest BCUT2D eigenvalue weighted by Gasteiger charge is 2.14. The van der Waals surface area contributed by atoms with Crippen molar-refractivity contribution < 1.29 is 19.1 Å². The van der Waals surface area contributed by atoms with Crippen LogP contribution in [-0.4, -0.2) is 30.1 Å². The number of carbonyl (C=O) groups is 2. The van der Waals surface area contributed by atoms with Crippen molar-refractivity contribution in [2.75, 3.05) is 13.2 Å². The van der Waals surface area contributed by atoms with Crippen LogP contribution in [0.25, 0.3) is 11.1 Å². The Kier molecular flexibility index (Phi) is 10.7. The van der Waals surface area contributed by atoms with Gasteiger partial charge in [-0.1, -0.05) is 86.8 Å². The number of para-hydroxylation sites is 2. The predicted octanol–water partition coefficient (Wildman–Crippen LogP) is 5.03. The number of nitrogens with one attached hydrogen (secondary N) is 3. The Morgan fingerprint density at radius 3 is 2.25 bits per heavy atom. The molecule has 3 aromatic rings. The Labute approximate surface area is 217 Å². The summed E-state index contributed by atoms with van der Waals surface area (Å²) in [6.45, 7) is 2.45. The first-order valence-electron chi connectivity index (χ1n) is 12.0. The Balaban J connectivity index is 1.46. The van der Waals surface area contributed by atoms with Gasteiger partial charge in [0.25, 0.3) is 11.8 Å². The van der Waals surface area contributed by atoms with Gasteiger partial charge in [-0.3, -0.25) is 25.8 Å². The lowest BCUT2D eigenvalue weighted by molar-refractivity contribution is -0.123. The Hall–Kier alpha value is -3.91. The fourth-order valence-corrected chi connectivity index (χ4v) is 3.59. The van der Waals surface area contributed by atoms with Crippen LogP contribution in [0.5, 0.6) is 11.5 Å². The fraction of sp³-hybridized carbons (Fsp3) is 0.250. The van der Waals surface area contributed by atoms with Gasteiger partial charge in [0.1, 0.15) is 11.5 Å². The zero-order chi connectivity index (χ0) is 25.6. The highest BCUT2D eigenvalue weighted by atomic mass is 32.1. The van der Waals surface area contributed by atoms with E-state index in [1.165, 1.54) is 0 Å². The molecule has 8 heteroatoms. The van der Waals surface area contributed by atoms with Crippen LogP contribution in [0.2, 0.25) is 0 Å². The van der Waals surface area contributed by atoms with Gasteiger partial charge in [0.05, 0.1) is 12.2 Å². The third-order valence-corrected chi connectivity index (χ3v) is 5.46. The van der Waals surface area contributed by atoms with Crippen molar-refractivity contribution >= 4 is 29.1 Å². The van der Waals surface area contributed by atoms with Gasteiger partial charge in [-0.25, -0.2) is 0 Å². The summed E-state index contributed by atoms with van der Waals surface area (Å²) >= 11 is 5.15. The highest BCUT2D eigenvalue weighted by molar-refractivity contribution is 7.80. The van der Waals surface area contributed by atoms with E-state index in [0.29, 0.717) is 23.7 Å². The smallest absolute Gasteiger partial charge is 0.276 e. The highest BCUT2D eigenvalue weighted by Crippen LogP contribution is 2.29. The Bertz CT molecular complexity index is 1150. The maximum Gasteiger partial charge on any atom is 0.276 e. The molecule has 36 heavy (non-hydrogen) atoms. The second-order valence-electron chi connectivity index (χ2n) is 8.01. The summed E-state index contributed by atoms with van der Waals surface area (Å²) in [5, 5.41) is 2.51. The molecule has 0 spiro atoms. The number of unbranched alkanes of at least 4 members (excludes halogenated alkanes) is 3. The summed E-state index contributed by atoms with van der Waals surface area (Å²) in [6.07, 6.45) is 4.31. The molecule has 7 nitrogen and oxygen atoms in total.